The summed E-state index contributed by atoms with van der Waals surface area (Å²) in [6, 6.07) is 0.380. The molecule has 0 spiro atoms. The Morgan fingerprint density at radius 3 is 2.97 bits per heavy atom. The van der Waals surface area contributed by atoms with Crippen molar-refractivity contribution < 1.29 is 14.3 Å². The van der Waals surface area contributed by atoms with Crippen molar-refractivity contribution in [1.29, 1.82) is 0 Å². The largest absolute Gasteiger partial charge is 0.375 e. The number of carbonyl (C=O) groups excluding carboxylic acids is 1. The fraction of sp³-hybridized carbons (Fsp3) is 0.958. The maximum atomic E-state index is 13.0. The number of hydrogen-bond donors (Lipinski definition) is 6. The Morgan fingerprint density at radius 1 is 1.17 bits per heavy atom. The van der Waals surface area contributed by atoms with Gasteiger partial charge in [-0.1, -0.05) is 22.4 Å². The number of alkyl halides is 1. The molecule has 4 aliphatic heterocycles. The van der Waals surface area contributed by atoms with Crippen LogP contribution in [0.3, 0.4) is 0 Å². The predicted octanol–water partition coefficient (Wildman–Crippen LogP) is -0.333. The fourth-order valence-electron chi connectivity index (χ4n) is 6.74. The molecule has 11 heteroatoms. The zero-order valence-corrected chi connectivity index (χ0v) is 22.5. The Bertz CT molecular complexity index is 706. The maximum absolute atomic E-state index is 13.0. The van der Waals surface area contributed by atoms with Gasteiger partial charge in [0.25, 0.3) is 0 Å². The topological polar surface area (TPSA) is 111 Å². The third kappa shape index (κ3) is 6.38. The lowest BCUT2D eigenvalue weighted by Gasteiger charge is -2.36. The molecule has 1 saturated carbocycles. The number of methoxy groups -OCH3 is 1. The number of piperidine rings is 2. The third-order valence-corrected chi connectivity index (χ3v) is 9.38. The highest BCUT2D eigenvalue weighted by Gasteiger charge is 2.44. The lowest BCUT2D eigenvalue weighted by Crippen LogP contribution is -2.53. The Morgan fingerprint density at radius 2 is 2.09 bits per heavy atom. The third-order valence-electron chi connectivity index (χ3n) is 8.68. The van der Waals surface area contributed by atoms with E-state index < -0.39 is 0 Å². The van der Waals surface area contributed by atoms with Crippen molar-refractivity contribution in [1.82, 2.24) is 37.0 Å². The Hall–Kier alpha value is -0.370. The number of amides is 1. The summed E-state index contributed by atoms with van der Waals surface area (Å²) < 4.78 is 11.7. The first-order valence-corrected chi connectivity index (χ1v) is 14.5. The number of halogens is 1. The molecule has 9 unspecified atom stereocenters. The first-order valence-electron chi connectivity index (χ1n) is 13.6. The van der Waals surface area contributed by atoms with Gasteiger partial charge < -0.3 is 25.4 Å². The summed E-state index contributed by atoms with van der Waals surface area (Å²) in [5.41, 5.74) is 7.11. The highest BCUT2D eigenvalue weighted by atomic mass is 79.9. The zero-order valence-electron chi connectivity index (χ0n) is 20.9. The highest BCUT2D eigenvalue weighted by Crippen LogP contribution is 2.29. The van der Waals surface area contributed by atoms with E-state index >= 15 is 0 Å². The van der Waals surface area contributed by atoms with Gasteiger partial charge in [-0.2, -0.15) is 0 Å². The first-order chi connectivity index (χ1) is 17.1. The van der Waals surface area contributed by atoms with E-state index in [2.05, 4.69) is 52.9 Å². The van der Waals surface area contributed by atoms with Gasteiger partial charge >= 0.3 is 0 Å². The first kappa shape index (κ1) is 26.2. The molecule has 5 fully saturated rings. The number of fused-ring (bicyclic) bond motifs is 3. The van der Waals surface area contributed by atoms with E-state index in [1.54, 1.807) is 7.11 Å². The fourth-order valence-corrected chi connectivity index (χ4v) is 7.41. The molecule has 0 aromatic carbocycles. The maximum Gasteiger partial charge on any atom is 0.223 e. The van der Waals surface area contributed by atoms with Crippen molar-refractivity contribution in [3.8, 4) is 0 Å². The molecule has 4 heterocycles. The second-order valence-corrected chi connectivity index (χ2v) is 12.2. The van der Waals surface area contributed by atoms with E-state index in [4.69, 9.17) is 9.47 Å². The molecule has 6 N–H and O–H groups in total. The Balaban J connectivity index is 1.08. The van der Waals surface area contributed by atoms with Crippen LogP contribution in [-0.4, -0.2) is 99.3 Å². The molecule has 5 rings (SSSR count). The van der Waals surface area contributed by atoms with Gasteiger partial charge in [0, 0.05) is 68.5 Å². The number of ether oxygens (including phenoxy) is 2. The van der Waals surface area contributed by atoms with Crippen LogP contribution in [0, 0.1) is 17.8 Å². The number of rotatable bonds is 7. The summed E-state index contributed by atoms with van der Waals surface area (Å²) in [5.74, 6) is 1.08. The highest BCUT2D eigenvalue weighted by molar-refractivity contribution is 9.09. The second-order valence-electron chi connectivity index (χ2n) is 10.9. The summed E-state index contributed by atoms with van der Waals surface area (Å²) >= 11 is 3.70. The Labute approximate surface area is 217 Å². The second kappa shape index (κ2) is 12.4. The Kier molecular flexibility index (Phi) is 9.34. The van der Waals surface area contributed by atoms with Gasteiger partial charge in [-0.15, -0.1) is 0 Å². The van der Waals surface area contributed by atoms with Crippen LogP contribution in [0.2, 0.25) is 0 Å². The quantitative estimate of drug-likeness (QED) is 0.234. The standard InChI is InChI=1S/C24H44BrN7O3/c1-34-24-16(9-17(25)12-29-24)11-28-23(33)15-3-2-4-18(10-15)27-14-21-30-31-22-19-5-6-26-13-20(19)35-8-7-32(21)22/h15-22,24,26-27,29-31H,2-14H2,1H3,(H,28,33). The van der Waals surface area contributed by atoms with Gasteiger partial charge in [-0.25, -0.2) is 10.9 Å². The van der Waals surface area contributed by atoms with Gasteiger partial charge in [-0.05, 0) is 38.6 Å². The summed E-state index contributed by atoms with van der Waals surface area (Å²) in [6.07, 6.45) is 7.13. The molecule has 0 bridgehead atoms. The van der Waals surface area contributed by atoms with Crippen LogP contribution >= 0.6 is 15.9 Å². The van der Waals surface area contributed by atoms with Crippen LogP contribution in [0.25, 0.3) is 0 Å². The lowest BCUT2D eigenvalue weighted by molar-refractivity contribution is -0.126. The van der Waals surface area contributed by atoms with Crippen LogP contribution in [-0.2, 0) is 14.3 Å². The number of nitrogens with one attached hydrogen (secondary N) is 6. The van der Waals surface area contributed by atoms with Crippen LogP contribution in [0.15, 0.2) is 0 Å². The van der Waals surface area contributed by atoms with Crippen LogP contribution in [0.5, 0.6) is 0 Å². The summed E-state index contributed by atoms with van der Waals surface area (Å²) in [7, 11) is 1.73. The minimum Gasteiger partial charge on any atom is -0.375 e. The lowest BCUT2D eigenvalue weighted by atomic mass is 9.85. The molecular weight excluding hydrogens is 514 g/mol. The van der Waals surface area contributed by atoms with Gasteiger partial charge in [0.15, 0.2) is 0 Å². The molecule has 9 atom stereocenters. The molecule has 0 aromatic heterocycles. The van der Waals surface area contributed by atoms with E-state index in [1.807, 2.05) is 0 Å². The number of hydrogen-bond acceptors (Lipinski definition) is 9. The van der Waals surface area contributed by atoms with Crippen molar-refractivity contribution in [2.45, 2.75) is 74.1 Å². The average Bonchev–Trinajstić information content (AvgIpc) is 3.19. The molecule has 0 aromatic rings. The molecule has 35 heavy (non-hydrogen) atoms. The molecule has 5 aliphatic rings. The van der Waals surface area contributed by atoms with E-state index in [0.29, 0.717) is 35.6 Å². The van der Waals surface area contributed by atoms with E-state index in [1.165, 1.54) is 0 Å². The minimum absolute atomic E-state index is 0.00533. The molecule has 1 aliphatic carbocycles. The predicted molar refractivity (Wildman–Crippen MR) is 138 cm³/mol. The van der Waals surface area contributed by atoms with Gasteiger partial charge in [0.05, 0.1) is 25.0 Å². The number of nitrogens with zero attached hydrogens (tertiary/aromatic N) is 1. The van der Waals surface area contributed by atoms with Crippen molar-refractivity contribution in [3.05, 3.63) is 0 Å². The van der Waals surface area contributed by atoms with Crippen molar-refractivity contribution >= 4 is 21.8 Å². The van der Waals surface area contributed by atoms with Crippen LogP contribution in [0.4, 0.5) is 0 Å². The minimum atomic E-state index is 0.00533. The van der Waals surface area contributed by atoms with Crippen LogP contribution in [0.1, 0.15) is 38.5 Å². The van der Waals surface area contributed by atoms with Crippen molar-refractivity contribution in [3.63, 3.8) is 0 Å². The van der Waals surface area contributed by atoms with E-state index in [0.717, 1.165) is 77.9 Å². The normalized spacial score (nSPS) is 42.6. The van der Waals surface area contributed by atoms with Gasteiger partial charge in [-0.3, -0.25) is 15.0 Å². The SMILES string of the molecule is COC1NCC(Br)CC1CNC(=O)C1CCCC(NCC2NNC3C4CCNCC4OCCN23)C1. The molecule has 200 valence electrons. The number of carbonyl (C=O) groups is 1. The molecule has 4 saturated heterocycles. The molecular formula is C24H44BrN7O3. The molecule has 1 amide bonds. The van der Waals surface area contributed by atoms with Gasteiger partial charge in [0.2, 0.25) is 5.91 Å². The van der Waals surface area contributed by atoms with Crippen molar-refractivity contribution in [2.75, 3.05) is 53.0 Å². The summed E-state index contributed by atoms with van der Waals surface area (Å²) in [6.45, 7) is 6.15. The zero-order chi connectivity index (χ0) is 24.2. The molecule has 10 nitrogen and oxygen atoms in total. The summed E-state index contributed by atoms with van der Waals surface area (Å²) in [5, 5.41) is 13.9. The van der Waals surface area contributed by atoms with Gasteiger partial charge in [0.1, 0.15) is 6.23 Å². The van der Waals surface area contributed by atoms with E-state index in [-0.39, 0.29) is 30.1 Å². The molecule has 0 radical (unpaired) electrons. The van der Waals surface area contributed by atoms with Crippen LogP contribution < -0.4 is 32.1 Å². The van der Waals surface area contributed by atoms with Crippen molar-refractivity contribution in [2.24, 2.45) is 17.8 Å². The number of hydrazine groups is 1. The average molecular weight is 559 g/mol. The monoisotopic (exact) mass is 557 g/mol. The smallest absolute Gasteiger partial charge is 0.223 e. The summed E-state index contributed by atoms with van der Waals surface area (Å²) in [4.78, 5) is 16.0. The van der Waals surface area contributed by atoms with E-state index in [9.17, 15) is 4.79 Å².